The molecule has 1 aromatic heterocycles. The molecule has 11 heavy (non-hydrogen) atoms. The van der Waals surface area contributed by atoms with Crippen LogP contribution in [0, 0.1) is 0 Å². The maximum Gasteiger partial charge on any atom is 0.267 e. The van der Waals surface area contributed by atoms with Gasteiger partial charge in [-0.25, -0.2) is 0 Å². The maximum absolute atomic E-state index is 10.4. The van der Waals surface area contributed by atoms with Gasteiger partial charge in [0.1, 0.15) is 5.69 Å². The van der Waals surface area contributed by atoms with E-state index in [2.05, 4.69) is 4.98 Å². The molecule has 60 valence electrons. The number of primary amides is 1. The quantitative estimate of drug-likeness (QED) is 0.657. The molecule has 0 fully saturated rings. The van der Waals surface area contributed by atoms with E-state index in [4.69, 9.17) is 5.73 Å². The molecular weight excluding hydrogens is 140 g/mol. The van der Waals surface area contributed by atoms with Gasteiger partial charge in [0, 0.05) is 6.20 Å². The van der Waals surface area contributed by atoms with Crippen LogP contribution in [0.3, 0.4) is 0 Å². The highest BCUT2D eigenvalue weighted by molar-refractivity contribution is 5.90. The van der Waals surface area contributed by atoms with Gasteiger partial charge in [-0.1, -0.05) is 19.9 Å². The first-order valence-corrected chi connectivity index (χ1v) is 3.51. The molecule has 0 bridgehead atoms. The lowest BCUT2D eigenvalue weighted by Gasteiger charge is -1.88. The van der Waals surface area contributed by atoms with Crippen LogP contribution in [-0.2, 0) is 0 Å². The van der Waals surface area contributed by atoms with Crippen LogP contribution >= 0.6 is 0 Å². The number of nitrogens with zero attached hydrogens (tertiary/aromatic N) is 1. The van der Waals surface area contributed by atoms with Crippen molar-refractivity contribution in [1.82, 2.24) is 4.98 Å². The van der Waals surface area contributed by atoms with Crippen LogP contribution < -0.4 is 5.73 Å². The molecule has 1 amide bonds. The third-order valence-electron chi connectivity index (χ3n) is 0.917. The molecule has 0 aliphatic carbocycles. The monoisotopic (exact) mass is 152 g/mol. The minimum Gasteiger partial charge on any atom is -0.364 e. The fourth-order valence-corrected chi connectivity index (χ4v) is 0.509. The molecule has 3 heteroatoms. The lowest BCUT2D eigenvalue weighted by atomic mass is 10.3. The van der Waals surface area contributed by atoms with Crippen LogP contribution in [0.4, 0.5) is 0 Å². The summed E-state index contributed by atoms with van der Waals surface area (Å²) in [5.74, 6) is -0.490. The second-order valence-corrected chi connectivity index (χ2v) is 1.58. The zero-order valence-electron chi connectivity index (χ0n) is 6.74. The van der Waals surface area contributed by atoms with Crippen molar-refractivity contribution in [2.24, 2.45) is 5.73 Å². The number of carbonyl (C=O) groups excluding carboxylic acids is 1. The third kappa shape index (κ3) is 3.35. The highest BCUT2D eigenvalue weighted by atomic mass is 16.1. The molecule has 0 spiro atoms. The Bertz CT molecular complexity index is 209. The van der Waals surface area contributed by atoms with Crippen LogP contribution in [0.25, 0.3) is 0 Å². The van der Waals surface area contributed by atoms with Gasteiger partial charge in [-0.05, 0) is 12.1 Å². The van der Waals surface area contributed by atoms with Crippen LogP contribution in [0.2, 0.25) is 0 Å². The predicted octanol–water partition coefficient (Wildman–Crippen LogP) is 1.21. The van der Waals surface area contributed by atoms with E-state index in [1.54, 1.807) is 18.2 Å². The molecule has 0 aliphatic rings. The Labute approximate surface area is 66.3 Å². The fraction of sp³-hybridized carbons (Fsp3) is 0.250. The number of nitrogens with two attached hydrogens (primary N) is 1. The van der Waals surface area contributed by atoms with Gasteiger partial charge in [0.05, 0.1) is 0 Å². The third-order valence-corrected chi connectivity index (χ3v) is 0.917. The molecule has 2 N–H and O–H groups in total. The molecular formula is C8H12N2O. The zero-order valence-corrected chi connectivity index (χ0v) is 6.74. The largest absolute Gasteiger partial charge is 0.364 e. The summed E-state index contributed by atoms with van der Waals surface area (Å²) in [6.07, 6.45) is 1.53. The highest BCUT2D eigenvalue weighted by Gasteiger charge is 1.95. The van der Waals surface area contributed by atoms with Crippen molar-refractivity contribution in [2.75, 3.05) is 0 Å². The minimum absolute atomic E-state index is 0.303. The number of amides is 1. The first-order valence-electron chi connectivity index (χ1n) is 3.51. The summed E-state index contributed by atoms with van der Waals surface area (Å²) in [7, 11) is 0. The number of carbonyl (C=O) groups is 1. The molecule has 1 rings (SSSR count). The molecule has 0 unspecified atom stereocenters. The minimum atomic E-state index is -0.490. The molecule has 0 saturated carbocycles. The molecule has 3 nitrogen and oxygen atoms in total. The second-order valence-electron chi connectivity index (χ2n) is 1.58. The van der Waals surface area contributed by atoms with Crippen molar-refractivity contribution >= 4 is 5.91 Å². The van der Waals surface area contributed by atoms with Crippen molar-refractivity contribution in [3.63, 3.8) is 0 Å². The predicted molar refractivity (Wildman–Crippen MR) is 44.1 cm³/mol. The van der Waals surface area contributed by atoms with Crippen molar-refractivity contribution in [1.29, 1.82) is 0 Å². The van der Waals surface area contributed by atoms with E-state index in [0.29, 0.717) is 5.69 Å². The number of pyridine rings is 1. The van der Waals surface area contributed by atoms with E-state index in [9.17, 15) is 4.79 Å². The Kier molecular flexibility index (Phi) is 4.73. The summed E-state index contributed by atoms with van der Waals surface area (Å²) in [6, 6.07) is 5.02. The van der Waals surface area contributed by atoms with Gasteiger partial charge in [0.2, 0.25) is 0 Å². The molecule has 0 radical (unpaired) electrons. The molecule has 0 aromatic carbocycles. The first-order chi connectivity index (χ1) is 5.30. The summed E-state index contributed by atoms with van der Waals surface area (Å²) in [4.78, 5) is 14.1. The van der Waals surface area contributed by atoms with Gasteiger partial charge in [0.15, 0.2) is 0 Å². The van der Waals surface area contributed by atoms with Crippen LogP contribution in [0.5, 0.6) is 0 Å². The Morgan fingerprint density at radius 2 is 2.09 bits per heavy atom. The van der Waals surface area contributed by atoms with Crippen molar-refractivity contribution < 1.29 is 4.79 Å². The SMILES string of the molecule is CC.NC(=O)c1ccccn1. The molecule has 0 aliphatic heterocycles. The maximum atomic E-state index is 10.4. The first kappa shape index (κ1) is 9.62. The van der Waals surface area contributed by atoms with E-state index in [0.717, 1.165) is 0 Å². The number of aromatic nitrogens is 1. The summed E-state index contributed by atoms with van der Waals surface area (Å²) in [5.41, 5.74) is 5.22. The van der Waals surface area contributed by atoms with Crippen LogP contribution in [-0.4, -0.2) is 10.9 Å². The Morgan fingerprint density at radius 3 is 2.36 bits per heavy atom. The summed E-state index contributed by atoms with van der Waals surface area (Å²) < 4.78 is 0. The number of hydrogen-bond donors (Lipinski definition) is 1. The average Bonchev–Trinajstić information content (AvgIpc) is 2.10. The second kappa shape index (κ2) is 5.41. The zero-order chi connectivity index (χ0) is 8.69. The lowest BCUT2D eigenvalue weighted by Crippen LogP contribution is -2.12. The number of hydrogen-bond acceptors (Lipinski definition) is 2. The average molecular weight is 152 g/mol. The summed E-state index contributed by atoms with van der Waals surface area (Å²) in [6.45, 7) is 4.00. The van der Waals surface area contributed by atoms with Gasteiger partial charge in [-0.15, -0.1) is 0 Å². The van der Waals surface area contributed by atoms with Gasteiger partial charge >= 0.3 is 0 Å². The standard InChI is InChI=1S/C6H6N2O.C2H6/c7-6(9)5-3-1-2-4-8-5;1-2/h1-4H,(H2,7,9);1-2H3. The Morgan fingerprint density at radius 1 is 1.45 bits per heavy atom. The van der Waals surface area contributed by atoms with E-state index < -0.39 is 5.91 Å². The van der Waals surface area contributed by atoms with E-state index in [-0.39, 0.29) is 0 Å². The Balaban J connectivity index is 0.000000461. The molecule has 1 aromatic rings. The van der Waals surface area contributed by atoms with Crippen molar-refractivity contribution in [2.45, 2.75) is 13.8 Å². The molecule has 1 heterocycles. The smallest absolute Gasteiger partial charge is 0.267 e. The topological polar surface area (TPSA) is 56.0 Å². The highest BCUT2D eigenvalue weighted by Crippen LogP contribution is 1.88. The van der Waals surface area contributed by atoms with Gasteiger partial charge < -0.3 is 5.73 Å². The fourth-order valence-electron chi connectivity index (χ4n) is 0.509. The van der Waals surface area contributed by atoms with E-state index >= 15 is 0 Å². The normalized spacial score (nSPS) is 7.82. The van der Waals surface area contributed by atoms with Crippen molar-refractivity contribution in [3.05, 3.63) is 30.1 Å². The Hall–Kier alpha value is -1.38. The van der Waals surface area contributed by atoms with E-state index in [1.807, 2.05) is 13.8 Å². The van der Waals surface area contributed by atoms with Crippen LogP contribution in [0.15, 0.2) is 24.4 Å². The van der Waals surface area contributed by atoms with Crippen LogP contribution in [0.1, 0.15) is 24.3 Å². The lowest BCUT2D eigenvalue weighted by molar-refractivity contribution is 0.0995. The van der Waals surface area contributed by atoms with Gasteiger partial charge in [-0.3, -0.25) is 9.78 Å². The van der Waals surface area contributed by atoms with Crippen molar-refractivity contribution in [3.8, 4) is 0 Å². The summed E-state index contributed by atoms with van der Waals surface area (Å²) in [5, 5.41) is 0. The number of rotatable bonds is 1. The van der Waals surface area contributed by atoms with Gasteiger partial charge in [0.25, 0.3) is 5.91 Å². The van der Waals surface area contributed by atoms with E-state index in [1.165, 1.54) is 6.20 Å². The van der Waals surface area contributed by atoms with Gasteiger partial charge in [-0.2, -0.15) is 0 Å². The molecule has 0 saturated heterocycles. The summed E-state index contributed by atoms with van der Waals surface area (Å²) >= 11 is 0. The molecule has 0 atom stereocenters.